The van der Waals surface area contributed by atoms with Crippen molar-refractivity contribution in [3.63, 3.8) is 0 Å². The van der Waals surface area contributed by atoms with Gasteiger partial charge in [-0.25, -0.2) is 4.39 Å². The molecule has 1 aliphatic heterocycles. The number of nitrogens with zero attached hydrogens (tertiary/aromatic N) is 2. The highest BCUT2D eigenvalue weighted by atomic mass is 19.1. The number of carbonyl (C=O) groups is 2. The SMILES string of the molecule is O=C(NCCCc1ccncc1)[C@H]1CC12CCN(C(=O)c1cccc(-c3cccc(F)c3)c1)CC2. The fourth-order valence-electron chi connectivity index (χ4n) is 5.29. The summed E-state index contributed by atoms with van der Waals surface area (Å²) in [6.45, 7) is 2.00. The number of pyridine rings is 1. The second kappa shape index (κ2) is 9.98. The van der Waals surface area contributed by atoms with Crippen molar-refractivity contribution < 1.29 is 14.0 Å². The van der Waals surface area contributed by atoms with Gasteiger partial charge in [-0.3, -0.25) is 14.6 Å². The van der Waals surface area contributed by atoms with Crippen LogP contribution < -0.4 is 5.32 Å². The van der Waals surface area contributed by atoms with Gasteiger partial charge in [0.1, 0.15) is 5.82 Å². The van der Waals surface area contributed by atoms with E-state index in [4.69, 9.17) is 0 Å². The van der Waals surface area contributed by atoms with E-state index in [1.54, 1.807) is 18.5 Å². The normalized spacial score (nSPS) is 18.3. The number of benzene rings is 2. The van der Waals surface area contributed by atoms with Crippen molar-refractivity contribution in [2.45, 2.75) is 32.1 Å². The fraction of sp³-hybridized carbons (Fsp3) is 0.345. The van der Waals surface area contributed by atoms with Crippen LogP contribution in [0.1, 0.15) is 41.6 Å². The number of hydrogen-bond acceptors (Lipinski definition) is 3. The molecule has 1 N–H and O–H groups in total. The topological polar surface area (TPSA) is 62.3 Å². The zero-order valence-electron chi connectivity index (χ0n) is 19.8. The molecule has 2 aliphatic rings. The molecule has 1 aliphatic carbocycles. The van der Waals surface area contributed by atoms with E-state index in [9.17, 15) is 14.0 Å². The van der Waals surface area contributed by atoms with Crippen LogP contribution in [0.15, 0.2) is 73.1 Å². The third-order valence-electron chi connectivity index (χ3n) is 7.51. The Balaban J connectivity index is 1.11. The predicted molar refractivity (Wildman–Crippen MR) is 133 cm³/mol. The number of carbonyl (C=O) groups excluding carboxylic acids is 2. The Bertz CT molecular complexity index is 1210. The number of piperidine rings is 1. The summed E-state index contributed by atoms with van der Waals surface area (Å²) in [5.41, 5.74) is 3.48. The molecule has 2 amide bonds. The molecule has 0 radical (unpaired) electrons. The summed E-state index contributed by atoms with van der Waals surface area (Å²) in [4.78, 5) is 31.8. The van der Waals surface area contributed by atoms with Gasteiger partial charge in [-0.05, 0) is 90.6 Å². The average Bonchev–Trinajstić information content (AvgIpc) is 3.60. The van der Waals surface area contributed by atoms with E-state index >= 15 is 0 Å². The second-order valence-corrected chi connectivity index (χ2v) is 9.75. The van der Waals surface area contributed by atoms with Crippen LogP contribution in [0.4, 0.5) is 4.39 Å². The third-order valence-corrected chi connectivity index (χ3v) is 7.51. The third kappa shape index (κ3) is 5.26. The van der Waals surface area contributed by atoms with Crippen LogP contribution >= 0.6 is 0 Å². The molecule has 2 heterocycles. The van der Waals surface area contributed by atoms with Gasteiger partial charge in [0.05, 0.1) is 0 Å². The lowest BCUT2D eigenvalue weighted by Gasteiger charge is -2.33. The standard InChI is InChI=1S/C29H30FN3O2/c30-25-8-2-6-23(19-25)22-5-1-7-24(18-22)28(35)33-16-11-29(12-17-33)20-26(29)27(34)32-13-3-4-21-9-14-31-15-10-21/h1-2,5-10,14-15,18-19,26H,3-4,11-13,16-17,20H2,(H,32,34)/t26-/m1/s1. The molecule has 2 fully saturated rings. The number of aryl methyl sites for hydroxylation is 1. The zero-order chi connectivity index (χ0) is 24.3. The molecule has 1 saturated carbocycles. The van der Waals surface area contributed by atoms with Gasteiger partial charge in [-0.2, -0.15) is 0 Å². The van der Waals surface area contributed by atoms with Crippen LogP contribution in [0.2, 0.25) is 0 Å². The molecule has 0 unspecified atom stereocenters. The van der Waals surface area contributed by atoms with Crippen LogP contribution in [0.5, 0.6) is 0 Å². The Morgan fingerprint density at radius 2 is 1.71 bits per heavy atom. The van der Waals surface area contributed by atoms with Crippen molar-refractivity contribution in [3.05, 3.63) is 90.0 Å². The van der Waals surface area contributed by atoms with Crippen LogP contribution in [0.3, 0.4) is 0 Å². The van der Waals surface area contributed by atoms with Gasteiger partial charge in [-0.15, -0.1) is 0 Å². The van der Waals surface area contributed by atoms with Crippen molar-refractivity contribution in [3.8, 4) is 11.1 Å². The van der Waals surface area contributed by atoms with Crippen molar-refractivity contribution in [1.29, 1.82) is 0 Å². The number of rotatable bonds is 7. The second-order valence-electron chi connectivity index (χ2n) is 9.75. The Morgan fingerprint density at radius 3 is 2.46 bits per heavy atom. The minimum atomic E-state index is -0.294. The van der Waals surface area contributed by atoms with Crippen LogP contribution in [0.25, 0.3) is 11.1 Å². The lowest BCUT2D eigenvalue weighted by molar-refractivity contribution is -0.123. The van der Waals surface area contributed by atoms with E-state index < -0.39 is 0 Å². The van der Waals surface area contributed by atoms with Crippen LogP contribution in [0, 0.1) is 17.2 Å². The first-order valence-electron chi connectivity index (χ1n) is 12.4. The molecule has 180 valence electrons. The monoisotopic (exact) mass is 471 g/mol. The predicted octanol–water partition coefficient (Wildman–Crippen LogP) is 4.88. The van der Waals surface area contributed by atoms with Gasteiger partial charge in [-0.1, -0.05) is 24.3 Å². The van der Waals surface area contributed by atoms with Crippen molar-refractivity contribution in [2.24, 2.45) is 11.3 Å². The van der Waals surface area contributed by atoms with Crippen LogP contribution in [-0.2, 0) is 11.2 Å². The summed E-state index contributed by atoms with van der Waals surface area (Å²) in [7, 11) is 0. The number of likely N-dealkylation sites (tertiary alicyclic amines) is 1. The van der Waals surface area contributed by atoms with E-state index in [0.29, 0.717) is 25.2 Å². The highest BCUT2D eigenvalue weighted by Gasteiger charge is 2.58. The smallest absolute Gasteiger partial charge is 0.253 e. The van der Waals surface area contributed by atoms with Gasteiger partial charge in [0, 0.05) is 43.5 Å². The number of halogens is 1. The van der Waals surface area contributed by atoms with Gasteiger partial charge < -0.3 is 10.2 Å². The Kier molecular flexibility index (Phi) is 6.62. The summed E-state index contributed by atoms with van der Waals surface area (Å²) in [6.07, 6.45) is 8.05. The van der Waals surface area contributed by atoms with E-state index in [-0.39, 0.29) is 29.0 Å². The molecule has 3 aromatic rings. The molecule has 5 nitrogen and oxygen atoms in total. The summed E-state index contributed by atoms with van der Waals surface area (Å²) in [5, 5.41) is 3.11. The summed E-state index contributed by atoms with van der Waals surface area (Å²) < 4.78 is 13.6. The van der Waals surface area contributed by atoms with Crippen molar-refractivity contribution >= 4 is 11.8 Å². The maximum Gasteiger partial charge on any atom is 0.253 e. The minimum Gasteiger partial charge on any atom is -0.356 e. The van der Waals surface area contributed by atoms with Crippen molar-refractivity contribution in [1.82, 2.24) is 15.2 Å². The summed E-state index contributed by atoms with van der Waals surface area (Å²) in [6, 6.07) is 17.8. The molecular formula is C29H30FN3O2. The lowest BCUT2D eigenvalue weighted by atomic mass is 9.90. The lowest BCUT2D eigenvalue weighted by Crippen LogP contribution is -2.40. The number of hydrogen-bond donors (Lipinski definition) is 1. The minimum absolute atomic E-state index is 0.00383. The van der Waals surface area contributed by atoms with Gasteiger partial charge >= 0.3 is 0 Å². The van der Waals surface area contributed by atoms with Crippen LogP contribution in [-0.4, -0.2) is 41.3 Å². The number of amides is 2. The first-order valence-corrected chi connectivity index (χ1v) is 12.4. The molecule has 1 spiro atoms. The quantitative estimate of drug-likeness (QED) is 0.500. The molecule has 0 bridgehead atoms. The van der Waals surface area contributed by atoms with Gasteiger partial charge in [0.2, 0.25) is 5.91 Å². The molecule has 35 heavy (non-hydrogen) atoms. The molecule has 1 aromatic heterocycles. The molecule has 5 rings (SSSR count). The highest BCUT2D eigenvalue weighted by molar-refractivity contribution is 5.95. The van der Waals surface area contributed by atoms with Gasteiger partial charge in [0.25, 0.3) is 5.91 Å². The van der Waals surface area contributed by atoms with Gasteiger partial charge in [0.15, 0.2) is 0 Å². The number of aromatic nitrogens is 1. The zero-order valence-corrected chi connectivity index (χ0v) is 19.8. The summed E-state index contributed by atoms with van der Waals surface area (Å²) >= 11 is 0. The molecular weight excluding hydrogens is 441 g/mol. The first-order chi connectivity index (χ1) is 17.0. The maximum absolute atomic E-state index is 13.6. The Hall–Kier alpha value is -3.54. The Labute approximate surface area is 205 Å². The molecule has 1 atom stereocenters. The van der Waals surface area contributed by atoms with Crippen molar-refractivity contribution in [2.75, 3.05) is 19.6 Å². The first kappa shape index (κ1) is 23.2. The Morgan fingerprint density at radius 1 is 1.00 bits per heavy atom. The van der Waals surface area contributed by atoms with E-state index in [2.05, 4.69) is 10.3 Å². The van der Waals surface area contributed by atoms with E-state index in [0.717, 1.165) is 43.2 Å². The molecule has 2 aromatic carbocycles. The van der Waals surface area contributed by atoms with E-state index in [1.807, 2.05) is 47.4 Å². The fourth-order valence-corrected chi connectivity index (χ4v) is 5.29. The molecule has 1 saturated heterocycles. The van der Waals surface area contributed by atoms with E-state index in [1.165, 1.54) is 17.7 Å². The maximum atomic E-state index is 13.6. The molecule has 6 heteroatoms. The summed E-state index contributed by atoms with van der Waals surface area (Å²) in [5.74, 6) is -0.0764. The number of nitrogens with one attached hydrogen (secondary N) is 1. The average molecular weight is 472 g/mol. The largest absolute Gasteiger partial charge is 0.356 e. The highest BCUT2D eigenvalue weighted by Crippen LogP contribution is 2.59.